The second-order valence-electron chi connectivity index (χ2n) is 14.0. The summed E-state index contributed by atoms with van der Waals surface area (Å²) in [5.74, 6) is 2.65. The van der Waals surface area contributed by atoms with Crippen LogP contribution in [0.15, 0.2) is 30.3 Å². The van der Waals surface area contributed by atoms with Crippen molar-refractivity contribution in [1.29, 1.82) is 0 Å². The summed E-state index contributed by atoms with van der Waals surface area (Å²) >= 11 is 0. The Kier molecular flexibility index (Phi) is 5.67. The average Bonchev–Trinajstić information content (AvgIpc) is 3.50. The second kappa shape index (κ2) is 8.53. The Hall–Kier alpha value is -1.43. The van der Waals surface area contributed by atoms with Gasteiger partial charge in [-0.05, 0) is 86.0 Å². The van der Waals surface area contributed by atoms with E-state index in [9.17, 15) is 4.79 Å². The topological polar surface area (TPSA) is 56.8 Å². The number of benzene rings is 1. The molecule has 0 radical (unpaired) electrons. The number of morpholine rings is 1. The first-order chi connectivity index (χ1) is 17.8. The van der Waals surface area contributed by atoms with Crippen molar-refractivity contribution in [2.24, 2.45) is 34.5 Å². The van der Waals surface area contributed by atoms with Gasteiger partial charge in [-0.25, -0.2) is 0 Å². The summed E-state index contributed by atoms with van der Waals surface area (Å²) in [6, 6.07) is 10.1. The molecule has 0 bridgehead atoms. The van der Waals surface area contributed by atoms with E-state index >= 15 is 0 Å². The van der Waals surface area contributed by atoms with Crippen LogP contribution in [0.5, 0.6) is 0 Å². The summed E-state index contributed by atoms with van der Waals surface area (Å²) in [7, 11) is 0. The lowest BCUT2D eigenvalue weighted by Gasteiger charge is -2.63. The van der Waals surface area contributed by atoms with E-state index in [1.54, 1.807) is 0 Å². The molecule has 0 aromatic heterocycles. The van der Waals surface area contributed by atoms with Gasteiger partial charge >= 0.3 is 5.97 Å². The van der Waals surface area contributed by atoms with E-state index < -0.39 is 0 Å². The van der Waals surface area contributed by atoms with E-state index in [1.165, 1.54) is 44.1 Å². The monoisotopic (exact) mass is 507 g/mol. The van der Waals surface area contributed by atoms with Crippen LogP contribution in [0.4, 0.5) is 0 Å². The highest BCUT2D eigenvalue weighted by molar-refractivity contribution is 5.78. The van der Waals surface area contributed by atoms with Gasteiger partial charge in [-0.1, -0.05) is 51.1 Å². The second-order valence-corrected chi connectivity index (χ2v) is 14.0. The molecule has 2 heterocycles. The molecule has 6 aliphatic rings. The van der Waals surface area contributed by atoms with Gasteiger partial charge in [-0.3, -0.25) is 10.1 Å². The summed E-state index contributed by atoms with van der Waals surface area (Å²) in [6.45, 7) is 9.52. The van der Waals surface area contributed by atoms with Gasteiger partial charge in [0, 0.05) is 24.3 Å². The minimum Gasteiger partial charge on any atom is -0.457 e. The fourth-order valence-corrected chi connectivity index (χ4v) is 10.5. The molecule has 1 aromatic carbocycles. The van der Waals surface area contributed by atoms with E-state index in [1.807, 2.05) is 18.2 Å². The van der Waals surface area contributed by atoms with Gasteiger partial charge in [0.2, 0.25) is 0 Å². The average molecular weight is 508 g/mol. The lowest BCUT2D eigenvalue weighted by Crippen LogP contribution is -2.64. The van der Waals surface area contributed by atoms with Gasteiger partial charge in [-0.15, -0.1) is 0 Å². The Bertz CT molecular complexity index is 1040. The van der Waals surface area contributed by atoms with Crippen molar-refractivity contribution in [3.63, 3.8) is 0 Å². The predicted octanol–water partition coefficient (Wildman–Crippen LogP) is 5.83. The van der Waals surface area contributed by atoms with Crippen LogP contribution < -0.4 is 5.32 Å². The number of carbonyl (C=O) groups excluding carboxylic acids is 1. The van der Waals surface area contributed by atoms with Crippen molar-refractivity contribution >= 4 is 5.97 Å². The van der Waals surface area contributed by atoms with E-state index in [2.05, 4.69) is 38.2 Å². The molecule has 9 atom stereocenters. The predicted molar refractivity (Wildman–Crippen MR) is 142 cm³/mol. The van der Waals surface area contributed by atoms with Crippen LogP contribution in [-0.2, 0) is 19.0 Å². The number of hydrogen-bond donors (Lipinski definition) is 1. The van der Waals surface area contributed by atoms with E-state index in [0.717, 1.165) is 50.9 Å². The van der Waals surface area contributed by atoms with Crippen LogP contribution in [0, 0.1) is 34.5 Å². The van der Waals surface area contributed by atoms with Crippen LogP contribution >= 0.6 is 0 Å². The molecule has 6 fully saturated rings. The third kappa shape index (κ3) is 3.49. The Morgan fingerprint density at radius 2 is 1.68 bits per heavy atom. The zero-order chi connectivity index (χ0) is 25.5. The Morgan fingerprint density at radius 1 is 0.919 bits per heavy atom. The molecule has 1 aromatic rings. The molecule has 0 amide bonds. The molecule has 2 saturated heterocycles. The molecule has 1 N–H and O–H groups in total. The van der Waals surface area contributed by atoms with E-state index in [-0.39, 0.29) is 34.7 Å². The summed E-state index contributed by atoms with van der Waals surface area (Å²) < 4.78 is 19.1. The molecule has 0 unspecified atom stereocenters. The lowest BCUT2D eigenvalue weighted by atomic mass is 9.44. The summed E-state index contributed by atoms with van der Waals surface area (Å²) in [6.07, 6.45) is 10.6. The SMILES string of the molecule is C[C@H](c1ccccc1)[C@H]1NC[C@]2(CC[C@@]3(C)[C@@H](CC[C@@H]4[C@@H]3CC[C@@]3(C)[C@H]4CCC34OCCO4)C2)OC1=O. The molecule has 5 nitrogen and oxygen atoms in total. The normalized spacial score (nSPS) is 47.2. The zero-order valence-electron chi connectivity index (χ0n) is 23.0. The molecule has 7 rings (SSSR count). The number of hydrogen-bond acceptors (Lipinski definition) is 5. The Morgan fingerprint density at radius 3 is 2.43 bits per heavy atom. The maximum absolute atomic E-state index is 13.3. The van der Waals surface area contributed by atoms with Crippen molar-refractivity contribution < 1.29 is 19.0 Å². The number of carbonyl (C=O) groups is 1. The van der Waals surface area contributed by atoms with Gasteiger partial charge in [0.25, 0.3) is 0 Å². The first-order valence-corrected chi connectivity index (χ1v) is 15.1. The highest BCUT2D eigenvalue weighted by Gasteiger charge is 2.68. The number of fused-ring (bicyclic) bond motifs is 6. The summed E-state index contributed by atoms with van der Waals surface area (Å²) in [4.78, 5) is 13.3. The van der Waals surface area contributed by atoms with Crippen molar-refractivity contribution in [2.45, 2.75) is 102 Å². The maximum atomic E-state index is 13.3. The molecular formula is C32H45NO4. The van der Waals surface area contributed by atoms with E-state index in [0.29, 0.717) is 17.3 Å². The lowest BCUT2D eigenvalue weighted by molar-refractivity contribution is -0.250. The molecule has 4 aliphatic carbocycles. The van der Waals surface area contributed by atoms with Crippen LogP contribution in [-0.4, -0.2) is 43.2 Å². The van der Waals surface area contributed by atoms with Crippen LogP contribution in [0.3, 0.4) is 0 Å². The minimum atomic E-state index is -0.326. The number of esters is 1. The Labute approximate surface area is 222 Å². The van der Waals surface area contributed by atoms with Gasteiger partial charge < -0.3 is 14.2 Å². The molecule has 2 spiro atoms. The largest absolute Gasteiger partial charge is 0.457 e. The fraction of sp³-hybridized carbons (Fsp3) is 0.781. The summed E-state index contributed by atoms with van der Waals surface area (Å²) in [5, 5.41) is 3.65. The molecule has 2 aliphatic heterocycles. The number of ether oxygens (including phenoxy) is 3. The third-order valence-electron chi connectivity index (χ3n) is 12.6. The minimum absolute atomic E-state index is 0.0545. The van der Waals surface area contributed by atoms with Crippen LogP contribution in [0.1, 0.15) is 90.0 Å². The van der Waals surface area contributed by atoms with Crippen molar-refractivity contribution in [3.8, 4) is 0 Å². The third-order valence-corrected chi connectivity index (χ3v) is 12.6. The van der Waals surface area contributed by atoms with Gasteiger partial charge in [0.1, 0.15) is 11.6 Å². The van der Waals surface area contributed by atoms with Gasteiger partial charge in [-0.2, -0.15) is 0 Å². The standard InChI is InChI=1S/C32H45NO4/c1-21(22-7-5-4-6-8-22)27-28(34)37-31(20-33-27)16-15-29(2)23(19-31)9-10-24-25(29)11-13-30(3)26(24)12-14-32(30)35-17-18-36-32/h4-8,21,23-27,33H,9-20H2,1-3H3/t21-,23+,24-,25+,26+,27-,29+,30+,31-/m1/s1. The van der Waals surface area contributed by atoms with Crippen LogP contribution in [0.25, 0.3) is 0 Å². The van der Waals surface area contributed by atoms with Crippen molar-refractivity contribution in [1.82, 2.24) is 5.32 Å². The fourth-order valence-electron chi connectivity index (χ4n) is 10.5. The smallest absolute Gasteiger partial charge is 0.324 e. The van der Waals surface area contributed by atoms with E-state index in [4.69, 9.17) is 14.2 Å². The number of nitrogens with one attached hydrogen (secondary N) is 1. The van der Waals surface area contributed by atoms with Crippen molar-refractivity contribution in [3.05, 3.63) is 35.9 Å². The quantitative estimate of drug-likeness (QED) is 0.511. The highest BCUT2D eigenvalue weighted by atomic mass is 16.7. The molecule has 202 valence electrons. The molecule has 37 heavy (non-hydrogen) atoms. The van der Waals surface area contributed by atoms with Crippen molar-refractivity contribution in [2.75, 3.05) is 19.8 Å². The molecule has 5 heteroatoms. The van der Waals surface area contributed by atoms with Gasteiger partial charge in [0.15, 0.2) is 5.79 Å². The van der Waals surface area contributed by atoms with Gasteiger partial charge in [0.05, 0.1) is 13.2 Å². The first kappa shape index (κ1) is 24.6. The summed E-state index contributed by atoms with van der Waals surface area (Å²) in [5.41, 5.74) is 1.38. The van der Waals surface area contributed by atoms with Crippen LogP contribution in [0.2, 0.25) is 0 Å². The maximum Gasteiger partial charge on any atom is 0.324 e. The highest BCUT2D eigenvalue weighted by Crippen LogP contribution is 2.70. The zero-order valence-corrected chi connectivity index (χ0v) is 23.0. The molecular weight excluding hydrogens is 462 g/mol. The molecule has 4 saturated carbocycles. The first-order valence-electron chi connectivity index (χ1n) is 15.1. The Balaban J connectivity index is 1.06. The number of rotatable bonds is 2.